The summed E-state index contributed by atoms with van der Waals surface area (Å²) in [6.07, 6.45) is 16.4. The van der Waals surface area contributed by atoms with Crippen LogP contribution in [0, 0.1) is 0 Å². The average molecular weight is 525 g/mol. The summed E-state index contributed by atoms with van der Waals surface area (Å²) < 4.78 is 12.3. The van der Waals surface area contributed by atoms with Crippen molar-refractivity contribution < 1.29 is 18.8 Å². The smallest absolute Gasteiger partial charge is 0.305 e. The molecule has 0 saturated heterocycles. The van der Waals surface area contributed by atoms with Gasteiger partial charge in [-0.2, -0.15) is 0 Å². The highest BCUT2D eigenvalue weighted by Gasteiger charge is 2.15. The molecule has 212 valence electrons. The van der Waals surface area contributed by atoms with Crippen LogP contribution in [0.3, 0.4) is 0 Å². The largest absolute Gasteiger partial charge is 0.493 e. The second-order valence-corrected chi connectivity index (χ2v) is 11.4. The Balaban J connectivity index is 1.47. The minimum Gasteiger partial charge on any atom is -0.493 e. The zero-order chi connectivity index (χ0) is 27.3. The van der Waals surface area contributed by atoms with Crippen LogP contribution < -0.4 is 4.74 Å². The number of unbranched alkanes of at least 4 members (excludes halogenated alkanes) is 9. The highest BCUT2D eigenvalue weighted by atomic mass is 16.5. The lowest BCUT2D eigenvalue weighted by Crippen LogP contribution is -2.39. The number of nitrogens with zero attached hydrogens (tertiary/aromatic N) is 1. The van der Waals surface area contributed by atoms with Gasteiger partial charge in [-0.05, 0) is 43.4 Å². The van der Waals surface area contributed by atoms with Gasteiger partial charge in [0.15, 0.2) is 0 Å². The molecule has 0 aromatic heterocycles. The molecule has 4 nitrogen and oxygen atoms in total. The van der Waals surface area contributed by atoms with E-state index in [-0.39, 0.29) is 5.97 Å². The van der Waals surface area contributed by atoms with Crippen molar-refractivity contribution in [2.75, 3.05) is 33.9 Å². The van der Waals surface area contributed by atoms with Crippen LogP contribution in [0.5, 0.6) is 5.75 Å². The first-order chi connectivity index (χ1) is 18.5. The van der Waals surface area contributed by atoms with E-state index in [0.29, 0.717) is 19.6 Å². The fourth-order valence-corrected chi connectivity index (χ4v) is 4.90. The van der Waals surface area contributed by atoms with E-state index in [1.807, 2.05) is 6.07 Å². The van der Waals surface area contributed by atoms with Gasteiger partial charge >= 0.3 is 5.97 Å². The van der Waals surface area contributed by atoms with E-state index in [9.17, 15) is 4.79 Å². The molecule has 0 aliphatic carbocycles. The number of aryl methyl sites for hydroxylation is 1. The van der Waals surface area contributed by atoms with E-state index in [1.54, 1.807) is 0 Å². The molecule has 4 heteroatoms. The highest BCUT2D eigenvalue weighted by molar-refractivity contribution is 5.69. The van der Waals surface area contributed by atoms with Crippen molar-refractivity contribution in [3.63, 3.8) is 0 Å². The van der Waals surface area contributed by atoms with Crippen molar-refractivity contribution >= 4 is 5.97 Å². The summed E-state index contributed by atoms with van der Waals surface area (Å²) in [7, 11) is 4.50. The summed E-state index contributed by atoms with van der Waals surface area (Å²) >= 11 is 0. The number of quaternary nitrogens is 1. The molecular formula is C34H54NO3+. The van der Waals surface area contributed by atoms with Gasteiger partial charge in [0.1, 0.15) is 12.3 Å². The monoisotopic (exact) mass is 524 g/mol. The molecule has 0 saturated carbocycles. The normalized spacial score (nSPS) is 11.4. The number of hydrogen-bond acceptors (Lipinski definition) is 3. The quantitative estimate of drug-likeness (QED) is 0.0879. The molecule has 0 amide bonds. The van der Waals surface area contributed by atoms with Crippen molar-refractivity contribution in [1.29, 1.82) is 0 Å². The van der Waals surface area contributed by atoms with Crippen LogP contribution in [0.2, 0.25) is 0 Å². The highest BCUT2D eigenvalue weighted by Crippen LogP contribution is 2.17. The zero-order valence-electron chi connectivity index (χ0n) is 24.6. The van der Waals surface area contributed by atoms with Crippen molar-refractivity contribution in [1.82, 2.24) is 0 Å². The SMILES string of the molecule is CCCCCCCCCCCc1cccc(OCCCOC(=O)CCCC[N+](C)(C)Cc2ccccc2)c1. The van der Waals surface area contributed by atoms with Crippen molar-refractivity contribution in [2.24, 2.45) is 0 Å². The van der Waals surface area contributed by atoms with Crippen LogP contribution in [0.1, 0.15) is 102 Å². The molecule has 0 heterocycles. The number of carbonyl (C=O) groups excluding carboxylic acids is 1. The first kappa shape index (κ1) is 31.9. The lowest BCUT2D eigenvalue weighted by Gasteiger charge is -2.30. The molecule has 0 N–H and O–H groups in total. The summed E-state index contributed by atoms with van der Waals surface area (Å²) in [6, 6.07) is 19.0. The van der Waals surface area contributed by atoms with Gasteiger partial charge < -0.3 is 14.0 Å². The van der Waals surface area contributed by atoms with Crippen LogP contribution >= 0.6 is 0 Å². The molecule has 0 aliphatic heterocycles. The molecule has 0 fully saturated rings. The Morgan fingerprint density at radius 3 is 2.13 bits per heavy atom. The molecule has 2 aromatic rings. The Morgan fingerprint density at radius 2 is 1.39 bits per heavy atom. The van der Waals surface area contributed by atoms with Crippen LogP contribution in [-0.2, 0) is 22.5 Å². The predicted molar refractivity (Wildman–Crippen MR) is 159 cm³/mol. The Labute approximate surface area is 233 Å². The number of rotatable bonds is 22. The molecule has 0 bridgehead atoms. The molecular weight excluding hydrogens is 470 g/mol. The Hall–Kier alpha value is -2.33. The fraction of sp³-hybridized carbons (Fsp3) is 0.618. The molecule has 0 radical (unpaired) electrons. The molecule has 0 aliphatic rings. The molecule has 0 atom stereocenters. The van der Waals surface area contributed by atoms with Crippen LogP contribution in [-0.4, -0.2) is 44.3 Å². The fourth-order valence-electron chi connectivity index (χ4n) is 4.90. The number of benzene rings is 2. The number of ether oxygens (including phenoxy) is 2. The second kappa shape index (κ2) is 19.7. The molecule has 2 rings (SSSR count). The molecule has 38 heavy (non-hydrogen) atoms. The van der Waals surface area contributed by atoms with Crippen LogP contribution in [0.15, 0.2) is 54.6 Å². The third-order valence-corrected chi connectivity index (χ3v) is 7.14. The van der Waals surface area contributed by atoms with Gasteiger partial charge in [0, 0.05) is 18.4 Å². The van der Waals surface area contributed by atoms with Gasteiger partial charge in [0.25, 0.3) is 0 Å². The third-order valence-electron chi connectivity index (χ3n) is 7.14. The number of hydrogen-bond donors (Lipinski definition) is 0. The predicted octanol–water partition coefficient (Wildman–Crippen LogP) is 8.52. The zero-order valence-corrected chi connectivity index (χ0v) is 24.6. The Kier molecular flexibility index (Phi) is 16.5. The van der Waals surface area contributed by atoms with Crippen molar-refractivity contribution in [3.05, 3.63) is 65.7 Å². The van der Waals surface area contributed by atoms with E-state index in [4.69, 9.17) is 9.47 Å². The minimum atomic E-state index is -0.0960. The van der Waals surface area contributed by atoms with E-state index in [2.05, 4.69) is 69.6 Å². The summed E-state index contributed by atoms with van der Waals surface area (Å²) in [5.74, 6) is 0.822. The van der Waals surface area contributed by atoms with Gasteiger partial charge in [0.05, 0.1) is 33.9 Å². The summed E-state index contributed by atoms with van der Waals surface area (Å²) in [5, 5.41) is 0. The third kappa shape index (κ3) is 15.8. The Bertz CT molecular complexity index is 865. The van der Waals surface area contributed by atoms with Gasteiger partial charge in [0.2, 0.25) is 0 Å². The van der Waals surface area contributed by atoms with Gasteiger partial charge in [-0.25, -0.2) is 0 Å². The lowest BCUT2D eigenvalue weighted by atomic mass is 10.0. The van der Waals surface area contributed by atoms with E-state index < -0.39 is 0 Å². The van der Waals surface area contributed by atoms with E-state index in [0.717, 1.165) is 49.0 Å². The lowest BCUT2D eigenvalue weighted by molar-refractivity contribution is -0.903. The topological polar surface area (TPSA) is 35.5 Å². The van der Waals surface area contributed by atoms with Crippen molar-refractivity contribution in [3.8, 4) is 5.75 Å². The van der Waals surface area contributed by atoms with Crippen molar-refractivity contribution in [2.45, 2.75) is 103 Å². The Morgan fingerprint density at radius 1 is 0.711 bits per heavy atom. The number of esters is 1. The first-order valence-electron chi connectivity index (χ1n) is 15.2. The van der Waals surface area contributed by atoms with Crippen LogP contribution in [0.4, 0.5) is 0 Å². The summed E-state index contributed by atoms with van der Waals surface area (Å²) in [5.41, 5.74) is 2.70. The number of carbonyl (C=O) groups is 1. The molecule has 0 spiro atoms. The van der Waals surface area contributed by atoms with Gasteiger partial charge in [-0.15, -0.1) is 0 Å². The van der Waals surface area contributed by atoms with E-state index in [1.165, 1.54) is 68.9 Å². The first-order valence-corrected chi connectivity index (χ1v) is 15.2. The average Bonchev–Trinajstić information content (AvgIpc) is 2.90. The maximum atomic E-state index is 12.1. The maximum Gasteiger partial charge on any atom is 0.305 e. The van der Waals surface area contributed by atoms with Crippen LogP contribution in [0.25, 0.3) is 0 Å². The van der Waals surface area contributed by atoms with E-state index >= 15 is 0 Å². The van der Waals surface area contributed by atoms with Gasteiger partial charge in [-0.1, -0.05) is 101 Å². The minimum absolute atomic E-state index is 0.0960. The maximum absolute atomic E-state index is 12.1. The summed E-state index contributed by atoms with van der Waals surface area (Å²) in [4.78, 5) is 12.1. The second-order valence-electron chi connectivity index (χ2n) is 11.4. The van der Waals surface area contributed by atoms with Gasteiger partial charge in [-0.3, -0.25) is 4.79 Å². The summed E-state index contributed by atoms with van der Waals surface area (Å²) in [6.45, 7) is 5.32. The molecule has 0 unspecified atom stereocenters. The molecule has 2 aromatic carbocycles. The standard InChI is InChI=1S/C34H54NO3/c1-4-5-6-7-8-9-10-11-13-20-31-23-18-24-33(29-31)37-27-19-28-38-34(36)25-16-17-26-35(2,3)30-32-21-14-12-15-22-32/h12,14-15,18,21-24,29H,4-11,13,16-17,19-20,25-28,30H2,1-3H3/q+1.